The molecule has 2 nitrogen and oxygen atoms in total. The Morgan fingerprint density at radius 2 is 2.00 bits per heavy atom. The maximum Gasteiger partial charge on any atom is 0.416 e. The van der Waals surface area contributed by atoms with Crippen molar-refractivity contribution in [1.29, 1.82) is 0 Å². The zero-order chi connectivity index (χ0) is 14.8. The second kappa shape index (κ2) is 6.39. The summed E-state index contributed by atoms with van der Waals surface area (Å²) in [6.07, 6.45) is -3.57. The molecule has 0 spiro atoms. The third-order valence-electron chi connectivity index (χ3n) is 3.03. The minimum atomic E-state index is -4.44. The van der Waals surface area contributed by atoms with E-state index in [0.29, 0.717) is 17.6 Å². The average molecular weight is 368 g/mol. The van der Waals surface area contributed by atoms with Crippen molar-refractivity contribution in [3.05, 3.63) is 33.8 Å². The van der Waals surface area contributed by atoms with Crippen LogP contribution in [-0.2, 0) is 6.18 Å². The molecule has 1 aromatic rings. The van der Waals surface area contributed by atoms with Gasteiger partial charge in [-0.05, 0) is 46.3 Å². The van der Waals surface area contributed by atoms with Gasteiger partial charge in [0.15, 0.2) is 0 Å². The fourth-order valence-electron chi connectivity index (χ4n) is 1.99. The monoisotopic (exact) mass is 367 g/mol. The van der Waals surface area contributed by atoms with Gasteiger partial charge in [-0.25, -0.2) is 0 Å². The Morgan fingerprint density at radius 3 is 2.70 bits per heavy atom. The van der Waals surface area contributed by atoms with Crippen LogP contribution in [0.15, 0.2) is 22.7 Å². The molecule has 0 atom stereocenters. The Kier molecular flexibility index (Phi) is 5.01. The first kappa shape index (κ1) is 15.7. The van der Waals surface area contributed by atoms with Gasteiger partial charge < -0.3 is 4.90 Å². The minimum absolute atomic E-state index is 0.0757. The molecular formula is C13H13BrF3NOS. The van der Waals surface area contributed by atoms with Crippen molar-refractivity contribution in [3.8, 4) is 0 Å². The maximum absolute atomic E-state index is 12.7. The Bertz CT molecular complexity index is 499. The van der Waals surface area contributed by atoms with Crippen LogP contribution >= 0.6 is 27.7 Å². The normalized spacial score (nSPS) is 16.9. The topological polar surface area (TPSA) is 20.3 Å². The summed E-state index contributed by atoms with van der Waals surface area (Å²) in [7, 11) is 0. The van der Waals surface area contributed by atoms with E-state index >= 15 is 0 Å². The van der Waals surface area contributed by atoms with Gasteiger partial charge in [0.05, 0.1) is 11.1 Å². The van der Waals surface area contributed by atoms with Crippen molar-refractivity contribution in [2.45, 2.75) is 12.6 Å². The summed E-state index contributed by atoms with van der Waals surface area (Å²) >= 11 is 4.92. The Balaban J connectivity index is 2.28. The molecule has 1 amide bonds. The predicted molar refractivity (Wildman–Crippen MR) is 77.0 cm³/mol. The van der Waals surface area contributed by atoms with E-state index < -0.39 is 11.7 Å². The van der Waals surface area contributed by atoms with E-state index in [1.165, 1.54) is 6.07 Å². The van der Waals surface area contributed by atoms with Crippen molar-refractivity contribution < 1.29 is 18.0 Å². The largest absolute Gasteiger partial charge is 0.416 e. The SMILES string of the molecule is O=C(c1cc(C(F)(F)F)ccc1Br)N1CCCSCC1. The van der Waals surface area contributed by atoms with Gasteiger partial charge in [-0.2, -0.15) is 24.9 Å². The molecule has 2 rings (SSSR count). The third-order valence-corrected chi connectivity index (χ3v) is 4.77. The summed E-state index contributed by atoms with van der Waals surface area (Å²) in [5.74, 6) is 1.46. The number of alkyl halides is 3. The van der Waals surface area contributed by atoms with Crippen LogP contribution in [-0.4, -0.2) is 35.4 Å². The smallest absolute Gasteiger partial charge is 0.338 e. The number of amides is 1. The predicted octanol–water partition coefficient (Wildman–Crippen LogP) is 4.05. The Labute approximate surface area is 127 Å². The first-order chi connectivity index (χ1) is 9.39. The van der Waals surface area contributed by atoms with Crippen LogP contribution in [0.25, 0.3) is 0 Å². The quantitative estimate of drug-likeness (QED) is 0.746. The molecule has 1 aliphatic rings. The average Bonchev–Trinajstić information content (AvgIpc) is 2.66. The lowest BCUT2D eigenvalue weighted by Crippen LogP contribution is -2.33. The number of benzene rings is 1. The third kappa shape index (κ3) is 3.69. The zero-order valence-electron chi connectivity index (χ0n) is 10.5. The molecule has 20 heavy (non-hydrogen) atoms. The lowest BCUT2D eigenvalue weighted by Gasteiger charge is -2.21. The van der Waals surface area contributed by atoms with Crippen molar-refractivity contribution >= 4 is 33.6 Å². The van der Waals surface area contributed by atoms with Crippen molar-refractivity contribution in [2.24, 2.45) is 0 Å². The molecule has 110 valence electrons. The maximum atomic E-state index is 12.7. The van der Waals surface area contributed by atoms with Gasteiger partial charge in [0.2, 0.25) is 0 Å². The van der Waals surface area contributed by atoms with Crippen LogP contribution in [0.3, 0.4) is 0 Å². The molecule has 1 aromatic carbocycles. The molecule has 1 fully saturated rings. The van der Waals surface area contributed by atoms with Crippen LogP contribution in [0.4, 0.5) is 13.2 Å². The Morgan fingerprint density at radius 1 is 1.25 bits per heavy atom. The second-order valence-electron chi connectivity index (χ2n) is 4.45. The van der Waals surface area contributed by atoms with E-state index in [4.69, 9.17) is 0 Å². The molecule has 0 aliphatic carbocycles. The highest BCUT2D eigenvalue weighted by Gasteiger charge is 2.32. The van der Waals surface area contributed by atoms with E-state index in [0.717, 1.165) is 30.1 Å². The van der Waals surface area contributed by atoms with Gasteiger partial charge in [0.25, 0.3) is 5.91 Å². The minimum Gasteiger partial charge on any atom is -0.338 e. The number of hydrogen-bond donors (Lipinski definition) is 0. The van der Waals surface area contributed by atoms with Crippen LogP contribution in [0.5, 0.6) is 0 Å². The van der Waals surface area contributed by atoms with Gasteiger partial charge in [-0.15, -0.1) is 0 Å². The molecule has 1 aliphatic heterocycles. The van der Waals surface area contributed by atoms with Gasteiger partial charge in [0, 0.05) is 23.3 Å². The summed E-state index contributed by atoms with van der Waals surface area (Å²) in [4.78, 5) is 14.0. The highest BCUT2D eigenvalue weighted by atomic mass is 79.9. The molecule has 7 heteroatoms. The summed E-state index contributed by atoms with van der Waals surface area (Å²) in [6.45, 7) is 1.17. The molecule has 1 heterocycles. The number of halogens is 4. The molecular weight excluding hydrogens is 355 g/mol. The van der Waals surface area contributed by atoms with Gasteiger partial charge in [0.1, 0.15) is 0 Å². The number of rotatable bonds is 1. The van der Waals surface area contributed by atoms with Crippen LogP contribution in [0.1, 0.15) is 22.3 Å². The van der Waals surface area contributed by atoms with Crippen molar-refractivity contribution in [1.82, 2.24) is 4.90 Å². The first-order valence-electron chi connectivity index (χ1n) is 6.13. The van der Waals surface area contributed by atoms with E-state index in [2.05, 4.69) is 15.9 Å². The fraction of sp³-hybridized carbons (Fsp3) is 0.462. The molecule has 1 saturated heterocycles. The van der Waals surface area contributed by atoms with Crippen molar-refractivity contribution in [3.63, 3.8) is 0 Å². The summed E-state index contributed by atoms with van der Waals surface area (Å²) in [5, 5.41) is 0. The summed E-state index contributed by atoms with van der Waals surface area (Å²) in [6, 6.07) is 3.17. The van der Waals surface area contributed by atoms with E-state index in [1.54, 1.807) is 16.7 Å². The van der Waals surface area contributed by atoms with Gasteiger partial charge >= 0.3 is 6.18 Å². The molecule has 0 N–H and O–H groups in total. The van der Waals surface area contributed by atoms with E-state index in [-0.39, 0.29) is 11.5 Å². The Hall–Kier alpha value is -0.690. The number of hydrogen-bond acceptors (Lipinski definition) is 2. The molecule has 0 bridgehead atoms. The molecule has 0 aromatic heterocycles. The first-order valence-corrected chi connectivity index (χ1v) is 8.08. The zero-order valence-corrected chi connectivity index (χ0v) is 12.9. The second-order valence-corrected chi connectivity index (χ2v) is 6.53. The number of nitrogens with zero attached hydrogens (tertiary/aromatic N) is 1. The van der Waals surface area contributed by atoms with Gasteiger partial charge in [-0.1, -0.05) is 0 Å². The van der Waals surface area contributed by atoms with Gasteiger partial charge in [-0.3, -0.25) is 4.79 Å². The molecule has 0 unspecified atom stereocenters. The standard InChI is InChI=1S/C13H13BrF3NOS/c14-11-3-2-9(13(15,16)17)8-10(11)12(19)18-4-1-6-20-7-5-18/h2-3,8H,1,4-7H2. The fourth-order valence-corrected chi connectivity index (χ4v) is 3.29. The van der Waals surface area contributed by atoms with Crippen LogP contribution in [0.2, 0.25) is 0 Å². The van der Waals surface area contributed by atoms with Crippen LogP contribution < -0.4 is 0 Å². The number of carbonyl (C=O) groups is 1. The lowest BCUT2D eigenvalue weighted by molar-refractivity contribution is -0.137. The van der Waals surface area contributed by atoms with Crippen LogP contribution in [0, 0.1) is 0 Å². The van der Waals surface area contributed by atoms with E-state index in [1.807, 2.05) is 0 Å². The number of thioether (sulfide) groups is 1. The summed E-state index contributed by atoms with van der Waals surface area (Å²) < 4.78 is 38.6. The highest BCUT2D eigenvalue weighted by Crippen LogP contribution is 2.32. The summed E-state index contributed by atoms with van der Waals surface area (Å²) in [5.41, 5.74) is -0.722. The number of carbonyl (C=O) groups excluding carboxylic acids is 1. The van der Waals surface area contributed by atoms with E-state index in [9.17, 15) is 18.0 Å². The molecule has 0 saturated carbocycles. The highest BCUT2D eigenvalue weighted by molar-refractivity contribution is 9.10. The van der Waals surface area contributed by atoms with Crippen molar-refractivity contribution in [2.75, 3.05) is 24.6 Å². The lowest BCUT2D eigenvalue weighted by atomic mass is 10.1. The molecule has 0 radical (unpaired) electrons.